The number of hydrogen-bond acceptors (Lipinski definition) is 5. The first-order valence-corrected chi connectivity index (χ1v) is 9.37. The highest BCUT2D eigenvalue weighted by atomic mass is 32.2. The van der Waals surface area contributed by atoms with Gasteiger partial charge in [0.15, 0.2) is 0 Å². The molecule has 1 amide bonds. The molecule has 0 bridgehead atoms. The molecular formula is C19H20FN5OS. The molecular weight excluding hydrogens is 365 g/mol. The summed E-state index contributed by atoms with van der Waals surface area (Å²) in [5, 5.41) is 14.9. The highest BCUT2D eigenvalue weighted by molar-refractivity contribution is 8.00. The maximum atomic E-state index is 12.9. The van der Waals surface area contributed by atoms with E-state index in [0.717, 1.165) is 22.4 Å². The number of carbonyl (C=O) groups is 1. The fourth-order valence-electron chi connectivity index (χ4n) is 2.68. The van der Waals surface area contributed by atoms with Crippen LogP contribution in [0.15, 0.2) is 47.6 Å². The number of aryl methyl sites for hydroxylation is 2. The first kappa shape index (κ1) is 19.0. The van der Waals surface area contributed by atoms with E-state index in [1.165, 1.54) is 23.9 Å². The number of nitrogens with one attached hydrogen (secondary N) is 1. The monoisotopic (exact) mass is 385 g/mol. The smallest absolute Gasteiger partial charge is 0.233 e. The van der Waals surface area contributed by atoms with Crippen molar-refractivity contribution < 1.29 is 9.18 Å². The summed E-state index contributed by atoms with van der Waals surface area (Å²) in [6.07, 6.45) is 0. The number of aromatic nitrogens is 4. The lowest BCUT2D eigenvalue weighted by Gasteiger charge is -2.13. The van der Waals surface area contributed by atoms with Crippen molar-refractivity contribution in [3.05, 3.63) is 65.0 Å². The molecule has 3 aromatic rings. The molecule has 0 aliphatic heterocycles. The normalized spacial score (nSPS) is 12.0. The number of amides is 1. The SMILES string of the molecule is Cc1cccc(C)c1-n1nnnc1SC(C)C(=O)NCc1ccc(F)cc1. The molecule has 0 saturated heterocycles. The number of para-hydroxylation sites is 1. The van der Waals surface area contributed by atoms with E-state index in [0.29, 0.717) is 11.7 Å². The average molecular weight is 385 g/mol. The Balaban J connectivity index is 1.68. The van der Waals surface area contributed by atoms with E-state index in [4.69, 9.17) is 0 Å². The molecule has 1 heterocycles. The van der Waals surface area contributed by atoms with E-state index in [2.05, 4.69) is 20.8 Å². The third kappa shape index (κ3) is 4.51. The molecule has 0 saturated carbocycles. The van der Waals surface area contributed by atoms with Crippen LogP contribution in [0.1, 0.15) is 23.6 Å². The molecule has 8 heteroatoms. The van der Waals surface area contributed by atoms with Gasteiger partial charge in [-0.3, -0.25) is 4.79 Å². The average Bonchev–Trinajstić information content (AvgIpc) is 3.08. The zero-order valence-electron chi connectivity index (χ0n) is 15.3. The van der Waals surface area contributed by atoms with Gasteiger partial charge >= 0.3 is 0 Å². The minimum atomic E-state index is -0.389. The Kier molecular flexibility index (Phi) is 5.85. The lowest BCUT2D eigenvalue weighted by molar-refractivity contribution is -0.120. The number of rotatable bonds is 6. The van der Waals surface area contributed by atoms with Crippen molar-refractivity contribution >= 4 is 17.7 Å². The topological polar surface area (TPSA) is 72.7 Å². The van der Waals surface area contributed by atoms with Crippen LogP contribution in [0.25, 0.3) is 5.69 Å². The minimum absolute atomic E-state index is 0.139. The first-order chi connectivity index (χ1) is 13.0. The summed E-state index contributed by atoms with van der Waals surface area (Å²) in [6.45, 7) is 6.13. The molecule has 6 nitrogen and oxygen atoms in total. The molecule has 140 valence electrons. The molecule has 1 unspecified atom stereocenters. The number of tetrazole rings is 1. The Morgan fingerprint density at radius 1 is 1.19 bits per heavy atom. The van der Waals surface area contributed by atoms with E-state index < -0.39 is 0 Å². The van der Waals surface area contributed by atoms with Crippen molar-refractivity contribution in [2.75, 3.05) is 0 Å². The Bertz CT molecular complexity index is 921. The van der Waals surface area contributed by atoms with Crippen LogP contribution in [0.5, 0.6) is 0 Å². The van der Waals surface area contributed by atoms with E-state index in [-0.39, 0.29) is 17.0 Å². The van der Waals surface area contributed by atoms with Gasteiger partial charge in [-0.25, -0.2) is 4.39 Å². The summed E-state index contributed by atoms with van der Waals surface area (Å²) in [6, 6.07) is 12.0. The second kappa shape index (κ2) is 8.30. The molecule has 0 spiro atoms. The van der Waals surface area contributed by atoms with E-state index in [1.54, 1.807) is 23.7 Å². The zero-order chi connectivity index (χ0) is 19.4. The predicted octanol–water partition coefficient (Wildman–Crippen LogP) is 3.22. The van der Waals surface area contributed by atoms with Gasteiger partial charge in [0.1, 0.15) is 5.82 Å². The quantitative estimate of drug-likeness (QED) is 0.660. The van der Waals surface area contributed by atoms with Crippen LogP contribution in [-0.2, 0) is 11.3 Å². The molecule has 0 radical (unpaired) electrons. The first-order valence-electron chi connectivity index (χ1n) is 8.49. The summed E-state index contributed by atoms with van der Waals surface area (Å²) in [7, 11) is 0. The van der Waals surface area contributed by atoms with Crippen molar-refractivity contribution in [2.24, 2.45) is 0 Å². The summed E-state index contributed by atoms with van der Waals surface area (Å²) in [5.41, 5.74) is 3.86. The van der Waals surface area contributed by atoms with Crippen molar-refractivity contribution in [3.8, 4) is 5.69 Å². The molecule has 1 atom stereocenters. The summed E-state index contributed by atoms with van der Waals surface area (Å²) < 4.78 is 14.6. The molecule has 0 fully saturated rings. The Labute approximate surface area is 161 Å². The van der Waals surface area contributed by atoms with Crippen molar-refractivity contribution in [2.45, 2.75) is 37.7 Å². The third-order valence-corrected chi connectivity index (χ3v) is 5.16. The molecule has 3 rings (SSSR count). The lowest BCUT2D eigenvalue weighted by Crippen LogP contribution is -2.30. The molecule has 0 aliphatic rings. The Hall–Kier alpha value is -2.74. The summed E-state index contributed by atoms with van der Waals surface area (Å²) >= 11 is 1.29. The van der Waals surface area contributed by atoms with E-state index in [9.17, 15) is 9.18 Å². The minimum Gasteiger partial charge on any atom is -0.351 e. The van der Waals surface area contributed by atoms with Gasteiger partial charge in [0.05, 0.1) is 10.9 Å². The van der Waals surface area contributed by atoms with Gasteiger partial charge in [-0.2, -0.15) is 4.68 Å². The maximum absolute atomic E-state index is 12.9. The largest absolute Gasteiger partial charge is 0.351 e. The Morgan fingerprint density at radius 2 is 1.85 bits per heavy atom. The molecule has 27 heavy (non-hydrogen) atoms. The van der Waals surface area contributed by atoms with Gasteiger partial charge in [-0.1, -0.05) is 42.1 Å². The van der Waals surface area contributed by atoms with Crippen LogP contribution in [0.4, 0.5) is 4.39 Å². The van der Waals surface area contributed by atoms with Crippen LogP contribution in [0.3, 0.4) is 0 Å². The van der Waals surface area contributed by atoms with Gasteiger partial charge < -0.3 is 5.32 Å². The maximum Gasteiger partial charge on any atom is 0.233 e. The van der Waals surface area contributed by atoms with E-state index in [1.807, 2.05) is 32.0 Å². The molecule has 2 aromatic carbocycles. The number of thioether (sulfide) groups is 1. The van der Waals surface area contributed by atoms with Crippen LogP contribution in [0, 0.1) is 19.7 Å². The fourth-order valence-corrected chi connectivity index (χ4v) is 3.50. The van der Waals surface area contributed by atoms with Crippen molar-refractivity contribution in [3.63, 3.8) is 0 Å². The highest BCUT2D eigenvalue weighted by Crippen LogP contribution is 2.26. The number of halogens is 1. The highest BCUT2D eigenvalue weighted by Gasteiger charge is 2.20. The lowest BCUT2D eigenvalue weighted by atomic mass is 10.1. The van der Waals surface area contributed by atoms with Gasteiger partial charge in [0.2, 0.25) is 11.1 Å². The van der Waals surface area contributed by atoms with Gasteiger partial charge in [-0.05, 0) is 60.0 Å². The summed E-state index contributed by atoms with van der Waals surface area (Å²) in [4.78, 5) is 12.4. The summed E-state index contributed by atoms with van der Waals surface area (Å²) in [5.74, 6) is -0.437. The van der Waals surface area contributed by atoms with Crippen molar-refractivity contribution in [1.82, 2.24) is 25.5 Å². The van der Waals surface area contributed by atoms with Gasteiger partial charge in [0.25, 0.3) is 0 Å². The zero-order valence-corrected chi connectivity index (χ0v) is 16.1. The van der Waals surface area contributed by atoms with Crippen LogP contribution in [-0.4, -0.2) is 31.4 Å². The van der Waals surface area contributed by atoms with Gasteiger partial charge in [-0.15, -0.1) is 5.10 Å². The molecule has 0 aliphatic carbocycles. The predicted molar refractivity (Wildman–Crippen MR) is 102 cm³/mol. The molecule has 1 aromatic heterocycles. The number of hydrogen-bond donors (Lipinski definition) is 1. The number of benzene rings is 2. The molecule has 1 N–H and O–H groups in total. The fraction of sp³-hybridized carbons (Fsp3) is 0.263. The van der Waals surface area contributed by atoms with Crippen LogP contribution < -0.4 is 5.32 Å². The van der Waals surface area contributed by atoms with E-state index >= 15 is 0 Å². The van der Waals surface area contributed by atoms with Crippen LogP contribution >= 0.6 is 11.8 Å². The number of carbonyl (C=O) groups excluding carboxylic acids is 1. The van der Waals surface area contributed by atoms with Crippen LogP contribution in [0.2, 0.25) is 0 Å². The van der Waals surface area contributed by atoms with Crippen molar-refractivity contribution in [1.29, 1.82) is 0 Å². The number of nitrogens with zero attached hydrogens (tertiary/aromatic N) is 4. The van der Waals surface area contributed by atoms with Gasteiger partial charge in [0, 0.05) is 6.54 Å². The second-order valence-corrected chi connectivity index (χ2v) is 7.53. The third-order valence-electron chi connectivity index (χ3n) is 4.12. The standard InChI is InChI=1S/C19H20FN5OS/c1-12-5-4-6-13(2)17(12)25-19(22-23-24-25)27-14(3)18(26)21-11-15-7-9-16(20)10-8-15/h4-10,14H,11H2,1-3H3,(H,21,26). The Morgan fingerprint density at radius 3 is 2.52 bits per heavy atom. The second-order valence-electron chi connectivity index (χ2n) is 6.22.